The van der Waals surface area contributed by atoms with Crippen molar-refractivity contribution in [2.24, 2.45) is 0 Å². The first-order valence-electron chi connectivity index (χ1n) is 12.3. The second-order valence-corrected chi connectivity index (χ2v) is 9.37. The molecule has 8 nitrogen and oxygen atoms in total. The maximum Gasteiger partial charge on any atom is 0.224 e. The van der Waals surface area contributed by atoms with Crippen LogP contribution in [0.2, 0.25) is 0 Å². The van der Waals surface area contributed by atoms with E-state index in [1.165, 1.54) is 0 Å². The molecule has 1 atom stereocenters. The third kappa shape index (κ3) is 5.71. The third-order valence-electron chi connectivity index (χ3n) is 7.09. The summed E-state index contributed by atoms with van der Waals surface area (Å²) in [6.45, 7) is 3.92. The number of carbonyl (C=O) groups excluding carboxylic acids is 1. The average Bonchev–Trinajstić information content (AvgIpc) is 3.42. The molecule has 0 saturated carbocycles. The number of amides is 1. The molecule has 1 amide bonds. The monoisotopic (exact) mass is 544 g/mol. The summed E-state index contributed by atoms with van der Waals surface area (Å²) < 4.78 is 27.8. The Morgan fingerprint density at radius 2 is 1.50 bits per heavy atom. The van der Waals surface area contributed by atoms with Crippen molar-refractivity contribution in [2.45, 2.75) is 25.8 Å². The van der Waals surface area contributed by atoms with E-state index in [9.17, 15) is 4.79 Å². The summed E-state index contributed by atoms with van der Waals surface area (Å²) in [5, 5.41) is 3.21. The third-order valence-corrected chi connectivity index (χ3v) is 7.09. The zero-order valence-electron chi connectivity index (χ0n) is 23.1. The van der Waals surface area contributed by atoms with Gasteiger partial charge in [-0.05, 0) is 90.7 Å². The molecule has 1 aliphatic carbocycles. The first-order chi connectivity index (χ1) is 17.8. The number of fused-ring (bicyclic) bond motifs is 1. The molecule has 2 aromatic carbocycles. The molecule has 4 rings (SSSR count). The number of hydrogen-bond donors (Lipinski definition) is 1. The van der Waals surface area contributed by atoms with Gasteiger partial charge in [0.2, 0.25) is 11.7 Å². The molecule has 0 bridgehead atoms. The summed E-state index contributed by atoms with van der Waals surface area (Å²) in [6.07, 6.45) is 3.32. The molecule has 38 heavy (non-hydrogen) atoms. The van der Waals surface area contributed by atoms with Gasteiger partial charge in [0.1, 0.15) is 0 Å². The second kappa shape index (κ2) is 12.5. The number of allylic oxidation sites excluding steroid dienone is 2. The van der Waals surface area contributed by atoms with Crippen molar-refractivity contribution in [2.75, 3.05) is 55.7 Å². The molecule has 1 saturated heterocycles. The standard InChI is InChI=1S/C29H36N2O6.ClH/c1-17-20(10-18-11-26(35-5)29(37-7)27(12-18)36-6)22-13-24(33-3)25(34-4)14-23(22)21(17)15-28(32)30-19-8-9-31(2)16-19;/h10-14,19H,8-9,15-16H2,1-7H3,(H,30,32);1H/t19-;/m0./s1. The maximum absolute atomic E-state index is 13.1. The lowest BCUT2D eigenvalue weighted by Gasteiger charge is -2.15. The van der Waals surface area contributed by atoms with E-state index < -0.39 is 0 Å². The van der Waals surface area contributed by atoms with Gasteiger partial charge >= 0.3 is 0 Å². The number of halogens is 1. The summed E-state index contributed by atoms with van der Waals surface area (Å²) in [5.41, 5.74) is 5.81. The van der Waals surface area contributed by atoms with Crippen molar-refractivity contribution in [3.63, 3.8) is 0 Å². The van der Waals surface area contributed by atoms with Crippen LogP contribution in [0.1, 0.15) is 36.5 Å². The van der Waals surface area contributed by atoms with E-state index in [2.05, 4.69) is 30.3 Å². The van der Waals surface area contributed by atoms with Crippen LogP contribution in [0.4, 0.5) is 0 Å². The van der Waals surface area contributed by atoms with Crippen LogP contribution in [-0.2, 0) is 4.79 Å². The fraction of sp³-hybridized carbons (Fsp3) is 0.414. The van der Waals surface area contributed by atoms with Crippen LogP contribution < -0.4 is 29.0 Å². The summed E-state index contributed by atoms with van der Waals surface area (Å²) in [5.74, 6) is 2.95. The molecule has 1 heterocycles. The Labute approximate surface area is 230 Å². The van der Waals surface area contributed by atoms with Crippen LogP contribution in [-0.4, -0.2) is 72.5 Å². The van der Waals surface area contributed by atoms with Crippen LogP contribution in [0.15, 0.2) is 29.8 Å². The van der Waals surface area contributed by atoms with E-state index in [1.807, 2.05) is 24.3 Å². The van der Waals surface area contributed by atoms with Crippen molar-refractivity contribution in [3.8, 4) is 28.7 Å². The molecular formula is C29H37ClN2O6. The number of likely N-dealkylation sites (tertiary alicyclic amines) is 1. The molecule has 0 aromatic heterocycles. The highest BCUT2D eigenvalue weighted by atomic mass is 35.5. The van der Waals surface area contributed by atoms with Crippen molar-refractivity contribution >= 4 is 35.5 Å². The molecule has 1 fully saturated rings. The van der Waals surface area contributed by atoms with E-state index in [0.29, 0.717) is 28.7 Å². The molecule has 206 valence electrons. The number of likely N-dealkylation sites (N-methyl/N-ethyl adjacent to an activating group) is 1. The maximum atomic E-state index is 13.1. The van der Waals surface area contributed by atoms with Crippen LogP contribution in [0.3, 0.4) is 0 Å². The number of benzene rings is 2. The van der Waals surface area contributed by atoms with E-state index >= 15 is 0 Å². The van der Waals surface area contributed by atoms with E-state index in [1.54, 1.807) is 35.5 Å². The van der Waals surface area contributed by atoms with Gasteiger partial charge in [-0.2, -0.15) is 0 Å². The lowest BCUT2D eigenvalue weighted by atomic mass is 9.99. The summed E-state index contributed by atoms with van der Waals surface area (Å²) in [7, 11) is 10.1. The minimum atomic E-state index is 0. The molecule has 9 heteroatoms. The van der Waals surface area contributed by atoms with Gasteiger partial charge in [0.15, 0.2) is 23.0 Å². The van der Waals surface area contributed by atoms with Gasteiger partial charge in [-0.3, -0.25) is 4.79 Å². The second-order valence-electron chi connectivity index (χ2n) is 9.37. The van der Waals surface area contributed by atoms with Crippen molar-refractivity contribution in [3.05, 3.63) is 46.5 Å². The molecule has 0 radical (unpaired) electrons. The number of rotatable bonds is 9. The van der Waals surface area contributed by atoms with Gasteiger partial charge < -0.3 is 33.9 Å². The highest BCUT2D eigenvalue weighted by molar-refractivity contribution is 6.09. The van der Waals surface area contributed by atoms with Crippen LogP contribution in [0.25, 0.3) is 17.2 Å². The van der Waals surface area contributed by atoms with Crippen molar-refractivity contribution in [1.29, 1.82) is 0 Å². The number of hydrogen-bond acceptors (Lipinski definition) is 7. The zero-order valence-corrected chi connectivity index (χ0v) is 23.9. The van der Waals surface area contributed by atoms with Gasteiger partial charge in [-0.1, -0.05) is 0 Å². The highest BCUT2D eigenvalue weighted by Gasteiger charge is 2.29. The van der Waals surface area contributed by atoms with Gasteiger partial charge in [0.05, 0.1) is 42.0 Å². The summed E-state index contributed by atoms with van der Waals surface area (Å²) in [6, 6.07) is 7.92. The molecule has 1 aliphatic heterocycles. The Hall–Kier alpha value is -3.36. The summed E-state index contributed by atoms with van der Waals surface area (Å²) in [4.78, 5) is 15.3. The quantitative estimate of drug-likeness (QED) is 0.490. The van der Waals surface area contributed by atoms with Crippen LogP contribution in [0, 0.1) is 0 Å². The molecule has 2 aromatic rings. The van der Waals surface area contributed by atoms with Gasteiger partial charge in [0, 0.05) is 12.6 Å². The Kier molecular flexibility index (Phi) is 9.57. The number of nitrogens with zero attached hydrogens (tertiary/aromatic N) is 1. The number of carbonyl (C=O) groups is 1. The lowest BCUT2D eigenvalue weighted by molar-refractivity contribution is -0.120. The number of nitrogens with one attached hydrogen (secondary N) is 1. The zero-order chi connectivity index (χ0) is 26.7. The fourth-order valence-corrected chi connectivity index (χ4v) is 5.18. The minimum absolute atomic E-state index is 0. The predicted octanol–water partition coefficient (Wildman–Crippen LogP) is 4.69. The SMILES string of the molecule is COc1cc2c(cc1OC)C(CC(=O)N[C@H]1CCN(C)C1)=C(C)C2=Cc1cc(OC)c(OC)c(OC)c1.Cl. The normalized spacial score (nSPS) is 17.7. The van der Waals surface area contributed by atoms with E-state index in [4.69, 9.17) is 23.7 Å². The fourth-order valence-electron chi connectivity index (χ4n) is 5.18. The Morgan fingerprint density at radius 3 is 2.00 bits per heavy atom. The number of ether oxygens (including phenoxy) is 5. The smallest absolute Gasteiger partial charge is 0.224 e. The van der Waals surface area contributed by atoms with Crippen LogP contribution >= 0.6 is 12.4 Å². The van der Waals surface area contributed by atoms with E-state index in [0.717, 1.165) is 52.9 Å². The average molecular weight is 545 g/mol. The van der Waals surface area contributed by atoms with Gasteiger partial charge in [-0.15, -0.1) is 12.4 Å². The largest absolute Gasteiger partial charge is 0.493 e. The van der Waals surface area contributed by atoms with Crippen LogP contribution in [0.5, 0.6) is 28.7 Å². The minimum Gasteiger partial charge on any atom is -0.493 e. The lowest BCUT2D eigenvalue weighted by Crippen LogP contribution is -2.36. The molecule has 0 spiro atoms. The molecule has 2 aliphatic rings. The molecular weight excluding hydrogens is 508 g/mol. The van der Waals surface area contributed by atoms with E-state index in [-0.39, 0.29) is 30.8 Å². The van der Waals surface area contributed by atoms with Crippen molar-refractivity contribution < 1.29 is 28.5 Å². The molecule has 1 N–H and O–H groups in total. The Bertz CT molecular complexity index is 1230. The van der Waals surface area contributed by atoms with Gasteiger partial charge in [0.25, 0.3) is 0 Å². The van der Waals surface area contributed by atoms with Gasteiger partial charge in [-0.25, -0.2) is 0 Å². The topological polar surface area (TPSA) is 78.5 Å². The first-order valence-corrected chi connectivity index (χ1v) is 12.3. The van der Waals surface area contributed by atoms with Crippen molar-refractivity contribution in [1.82, 2.24) is 10.2 Å². The summed E-state index contributed by atoms with van der Waals surface area (Å²) >= 11 is 0. The number of methoxy groups -OCH3 is 5. The Balaban J connectivity index is 0.00000400. The Morgan fingerprint density at radius 1 is 0.921 bits per heavy atom. The highest BCUT2D eigenvalue weighted by Crippen LogP contribution is 2.48. The predicted molar refractivity (Wildman–Crippen MR) is 152 cm³/mol. The molecule has 0 unspecified atom stereocenters. The first kappa shape index (κ1) is 29.2.